The molecule has 1 aliphatic heterocycles. The Kier molecular flexibility index (Phi) is 9.93. The van der Waals surface area contributed by atoms with Crippen LogP contribution in [-0.4, -0.2) is 53.4 Å². The lowest BCUT2D eigenvalue weighted by molar-refractivity contribution is 0.139. The van der Waals surface area contributed by atoms with E-state index in [0.717, 1.165) is 31.5 Å². The van der Waals surface area contributed by atoms with Crippen LogP contribution in [0, 0.1) is 5.92 Å². The van der Waals surface area contributed by atoms with E-state index in [9.17, 15) is 0 Å². The van der Waals surface area contributed by atoms with Gasteiger partial charge in [-0.05, 0) is 49.4 Å². The Morgan fingerprint density at radius 3 is 2.72 bits per heavy atom. The molecular weight excluding hydrogens is 475 g/mol. The number of rotatable bonds is 7. The molecule has 2 N–H and O–H groups in total. The van der Waals surface area contributed by atoms with E-state index in [0.29, 0.717) is 6.04 Å². The molecule has 0 amide bonds. The first-order valence-electron chi connectivity index (χ1n) is 10.4. The van der Waals surface area contributed by atoms with Gasteiger partial charge in [-0.15, -0.1) is 24.0 Å². The van der Waals surface area contributed by atoms with Crippen LogP contribution in [0.15, 0.2) is 47.7 Å². The van der Waals surface area contributed by atoms with Crippen molar-refractivity contribution in [1.29, 1.82) is 0 Å². The van der Waals surface area contributed by atoms with Crippen LogP contribution in [0.2, 0.25) is 0 Å². The lowest BCUT2D eigenvalue weighted by Gasteiger charge is -2.35. The van der Waals surface area contributed by atoms with Gasteiger partial charge in [-0.25, -0.2) is 0 Å². The van der Waals surface area contributed by atoms with Gasteiger partial charge in [-0.3, -0.25) is 14.6 Å². The predicted molar refractivity (Wildman–Crippen MR) is 131 cm³/mol. The van der Waals surface area contributed by atoms with Crippen LogP contribution < -0.4 is 10.6 Å². The minimum absolute atomic E-state index is 0. The van der Waals surface area contributed by atoms with Gasteiger partial charge in [0.15, 0.2) is 5.96 Å². The second-order valence-electron chi connectivity index (χ2n) is 7.87. The van der Waals surface area contributed by atoms with Crippen LogP contribution in [0.3, 0.4) is 0 Å². The molecular formula is C22H35IN6. The minimum Gasteiger partial charge on any atom is -0.355 e. The van der Waals surface area contributed by atoms with Gasteiger partial charge in [0.1, 0.15) is 0 Å². The lowest BCUT2D eigenvalue weighted by atomic mass is 9.99. The van der Waals surface area contributed by atoms with E-state index >= 15 is 0 Å². The molecule has 0 bridgehead atoms. The maximum absolute atomic E-state index is 4.40. The molecule has 7 heteroatoms. The highest BCUT2D eigenvalue weighted by atomic mass is 127. The standard InChI is InChI=1S/C22H34N6.HI/c1-18-8-6-12-27(16-18)19(2)14-24-22(23-3)25-15-20-9-4-5-10-21(20)17-28-13-7-11-26-28;/h4-5,7,9-11,13,18-19H,6,8,12,14-17H2,1-3H3,(H2,23,24,25);1H. The van der Waals surface area contributed by atoms with Gasteiger partial charge in [0.05, 0.1) is 6.54 Å². The van der Waals surface area contributed by atoms with Crippen molar-refractivity contribution in [3.05, 3.63) is 53.9 Å². The van der Waals surface area contributed by atoms with Crippen LogP contribution in [0.5, 0.6) is 0 Å². The van der Waals surface area contributed by atoms with Crippen LogP contribution in [0.4, 0.5) is 0 Å². The molecule has 0 radical (unpaired) electrons. The third-order valence-electron chi connectivity index (χ3n) is 5.56. The fourth-order valence-electron chi connectivity index (χ4n) is 3.85. The van der Waals surface area contributed by atoms with Crippen molar-refractivity contribution in [2.24, 2.45) is 10.9 Å². The fraction of sp³-hybridized carbons (Fsp3) is 0.545. The van der Waals surface area contributed by atoms with E-state index < -0.39 is 0 Å². The van der Waals surface area contributed by atoms with E-state index in [4.69, 9.17) is 0 Å². The summed E-state index contributed by atoms with van der Waals surface area (Å²) < 4.78 is 1.95. The Bertz CT molecular complexity index is 746. The van der Waals surface area contributed by atoms with E-state index in [-0.39, 0.29) is 24.0 Å². The molecule has 3 rings (SSSR count). The minimum atomic E-state index is 0. The summed E-state index contributed by atoms with van der Waals surface area (Å²) in [6.45, 7) is 9.50. The number of aliphatic imine (C=N–C) groups is 1. The van der Waals surface area contributed by atoms with E-state index in [2.05, 4.69) is 63.7 Å². The Labute approximate surface area is 192 Å². The number of halogens is 1. The molecule has 0 spiro atoms. The molecule has 6 nitrogen and oxygen atoms in total. The summed E-state index contributed by atoms with van der Waals surface area (Å²) in [7, 11) is 1.83. The highest BCUT2D eigenvalue weighted by Crippen LogP contribution is 2.17. The van der Waals surface area contributed by atoms with Gasteiger partial charge in [0, 0.05) is 45.1 Å². The number of guanidine groups is 1. The van der Waals surface area contributed by atoms with E-state index in [1.165, 1.54) is 37.1 Å². The van der Waals surface area contributed by atoms with Gasteiger partial charge in [0.2, 0.25) is 0 Å². The van der Waals surface area contributed by atoms with E-state index in [1.54, 1.807) is 0 Å². The molecule has 1 aromatic heterocycles. The van der Waals surface area contributed by atoms with Gasteiger partial charge >= 0.3 is 0 Å². The molecule has 1 aliphatic rings. The van der Waals surface area contributed by atoms with E-state index in [1.807, 2.05) is 30.2 Å². The summed E-state index contributed by atoms with van der Waals surface area (Å²) in [5.41, 5.74) is 2.53. The first-order valence-corrected chi connectivity index (χ1v) is 10.4. The third kappa shape index (κ3) is 7.29. The highest BCUT2D eigenvalue weighted by molar-refractivity contribution is 14.0. The zero-order chi connectivity index (χ0) is 19.8. The number of nitrogens with one attached hydrogen (secondary N) is 2. The number of hydrogen-bond acceptors (Lipinski definition) is 3. The van der Waals surface area contributed by atoms with Gasteiger partial charge in [-0.2, -0.15) is 5.10 Å². The Morgan fingerprint density at radius 1 is 1.24 bits per heavy atom. The molecule has 2 aromatic rings. The molecule has 1 fully saturated rings. The summed E-state index contributed by atoms with van der Waals surface area (Å²) in [5.74, 6) is 1.66. The number of nitrogens with zero attached hydrogens (tertiary/aromatic N) is 4. The summed E-state index contributed by atoms with van der Waals surface area (Å²) in [6, 6.07) is 11.0. The number of likely N-dealkylation sites (tertiary alicyclic amines) is 1. The molecule has 29 heavy (non-hydrogen) atoms. The van der Waals surface area contributed by atoms with Crippen LogP contribution in [0.1, 0.15) is 37.8 Å². The zero-order valence-corrected chi connectivity index (χ0v) is 20.2. The smallest absolute Gasteiger partial charge is 0.191 e. The quantitative estimate of drug-likeness (QED) is 0.341. The Balaban J connectivity index is 0.00000300. The molecule has 2 heterocycles. The summed E-state index contributed by atoms with van der Waals surface area (Å²) >= 11 is 0. The lowest BCUT2D eigenvalue weighted by Crippen LogP contribution is -2.48. The van der Waals surface area contributed by atoms with Crippen LogP contribution >= 0.6 is 24.0 Å². The SMILES string of the molecule is CN=C(NCc1ccccc1Cn1cccn1)NCC(C)N1CCCC(C)C1.I. The van der Waals surface area contributed by atoms with Crippen molar-refractivity contribution >= 4 is 29.9 Å². The summed E-state index contributed by atoms with van der Waals surface area (Å²) in [6.07, 6.45) is 6.48. The summed E-state index contributed by atoms with van der Waals surface area (Å²) in [4.78, 5) is 6.99. The van der Waals surface area contributed by atoms with Crippen molar-refractivity contribution in [3.63, 3.8) is 0 Å². The zero-order valence-electron chi connectivity index (χ0n) is 17.8. The molecule has 160 valence electrons. The van der Waals surface area contributed by atoms with Gasteiger partial charge in [0.25, 0.3) is 0 Å². The molecule has 1 saturated heterocycles. The number of benzene rings is 1. The first-order chi connectivity index (χ1) is 13.7. The second-order valence-corrected chi connectivity index (χ2v) is 7.87. The average Bonchev–Trinajstić information content (AvgIpc) is 3.22. The maximum Gasteiger partial charge on any atom is 0.191 e. The van der Waals surface area contributed by atoms with Crippen molar-refractivity contribution in [2.75, 3.05) is 26.7 Å². The largest absolute Gasteiger partial charge is 0.355 e. The molecule has 2 atom stereocenters. The van der Waals surface area contributed by atoms with Crippen molar-refractivity contribution in [2.45, 2.75) is 45.8 Å². The molecule has 0 saturated carbocycles. The highest BCUT2D eigenvalue weighted by Gasteiger charge is 2.20. The Morgan fingerprint density at radius 2 is 2.03 bits per heavy atom. The van der Waals surface area contributed by atoms with Gasteiger partial charge in [-0.1, -0.05) is 31.2 Å². The Hall–Kier alpha value is -1.61. The molecule has 2 unspecified atom stereocenters. The number of hydrogen-bond donors (Lipinski definition) is 2. The predicted octanol–water partition coefficient (Wildman–Crippen LogP) is 3.33. The van der Waals surface area contributed by atoms with Crippen molar-refractivity contribution < 1.29 is 0 Å². The monoisotopic (exact) mass is 510 g/mol. The first kappa shape index (κ1) is 23.7. The van der Waals surface area contributed by atoms with Crippen LogP contribution in [0.25, 0.3) is 0 Å². The second kappa shape index (κ2) is 12.2. The molecule has 1 aromatic carbocycles. The normalized spacial score (nSPS) is 18.7. The van der Waals surface area contributed by atoms with Crippen molar-refractivity contribution in [3.8, 4) is 0 Å². The average molecular weight is 510 g/mol. The van der Waals surface area contributed by atoms with Crippen molar-refractivity contribution in [1.82, 2.24) is 25.3 Å². The van der Waals surface area contributed by atoms with Gasteiger partial charge < -0.3 is 10.6 Å². The fourth-order valence-corrected chi connectivity index (χ4v) is 3.85. The third-order valence-corrected chi connectivity index (χ3v) is 5.56. The summed E-state index contributed by atoms with van der Waals surface area (Å²) in [5, 5.41) is 11.3. The molecule has 0 aliphatic carbocycles. The number of piperidine rings is 1. The number of aromatic nitrogens is 2. The maximum atomic E-state index is 4.40. The topological polar surface area (TPSA) is 57.5 Å². The van der Waals surface area contributed by atoms with Crippen LogP contribution in [-0.2, 0) is 13.1 Å².